The van der Waals surface area contributed by atoms with Gasteiger partial charge in [0.1, 0.15) is 6.10 Å². The Hall–Kier alpha value is -0.123. The van der Waals surface area contributed by atoms with E-state index in [-0.39, 0.29) is 0 Å². The lowest BCUT2D eigenvalue weighted by Crippen LogP contribution is -2.41. The van der Waals surface area contributed by atoms with Crippen molar-refractivity contribution in [2.75, 3.05) is 6.61 Å². The number of hydrogen-bond acceptors (Lipinski definition) is 2. The minimum Gasteiger partial charge on any atom is -0.417 e. The van der Waals surface area contributed by atoms with Gasteiger partial charge in [-0.05, 0) is 31.0 Å². The van der Waals surface area contributed by atoms with Gasteiger partial charge in [0.05, 0.1) is 6.10 Å². The zero-order valence-electron chi connectivity index (χ0n) is 11.4. The first-order chi connectivity index (χ1) is 7.28. The van der Waals surface area contributed by atoms with Crippen LogP contribution in [-0.4, -0.2) is 27.1 Å². The van der Waals surface area contributed by atoms with E-state index in [4.69, 9.17) is 9.16 Å². The van der Waals surface area contributed by atoms with E-state index < -0.39 is 8.32 Å². The summed E-state index contributed by atoms with van der Waals surface area (Å²) in [5.41, 5.74) is 0. The van der Waals surface area contributed by atoms with Crippen LogP contribution in [0.1, 0.15) is 33.6 Å². The third kappa shape index (κ3) is 3.72. The van der Waals surface area contributed by atoms with Gasteiger partial charge in [0.2, 0.25) is 0 Å². The molecule has 1 aliphatic rings. The van der Waals surface area contributed by atoms with Crippen LogP contribution in [-0.2, 0) is 9.16 Å². The fourth-order valence-corrected chi connectivity index (χ4v) is 2.51. The van der Waals surface area contributed by atoms with E-state index in [9.17, 15) is 0 Å². The van der Waals surface area contributed by atoms with E-state index in [1.807, 2.05) is 6.08 Å². The molecule has 1 heterocycles. The number of rotatable bonds is 6. The molecule has 3 heteroatoms. The maximum atomic E-state index is 6.10. The quantitative estimate of drug-likeness (QED) is 0.306. The standard InChI is InChI=1S/C13H26O2Si/c1-7-11-12(15-11)9-8-10-14-16(5,6)13(2,3)4/h7,11-12H,1,8-10H2,2-6H3/t11-,12+/m1/s1. The minimum absolute atomic E-state index is 0.312. The largest absolute Gasteiger partial charge is 0.417 e. The van der Waals surface area contributed by atoms with Gasteiger partial charge in [-0.3, -0.25) is 0 Å². The Morgan fingerprint density at radius 1 is 1.38 bits per heavy atom. The summed E-state index contributed by atoms with van der Waals surface area (Å²) in [6.07, 6.45) is 4.82. The highest BCUT2D eigenvalue weighted by Gasteiger charge is 2.38. The Kier molecular flexibility index (Phi) is 4.38. The van der Waals surface area contributed by atoms with Crippen LogP contribution >= 0.6 is 0 Å². The van der Waals surface area contributed by atoms with Crippen molar-refractivity contribution in [2.24, 2.45) is 0 Å². The molecule has 0 aromatic heterocycles. The number of epoxide rings is 1. The second-order valence-corrected chi connectivity index (χ2v) is 10.9. The average molecular weight is 242 g/mol. The molecule has 0 amide bonds. The summed E-state index contributed by atoms with van der Waals surface area (Å²) >= 11 is 0. The Bertz CT molecular complexity index is 243. The summed E-state index contributed by atoms with van der Waals surface area (Å²) in [5.74, 6) is 0. The predicted molar refractivity (Wildman–Crippen MR) is 71.2 cm³/mol. The topological polar surface area (TPSA) is 21.8 Å². The Labute approximate surface area is 101 Å². The molecular weight excluding hydrogens is 216 g/mol. The summed E-state index contributed by atoms with van der Waals surface area (Å²) < 4.78 is 11.5. The normalized spacial score (nSPS) is 25.6. The highest BCUT2D eigenvalue weighted by atomic mass is 28.4. The third-order valence-electron chi connectivity index (χ3n) is 3.76. The molecule has 0 aromatic carbocycles. The fraction of sp³-hybridized carbons (Fsp3) is 0.846. The first-order valence-corrected chi connectivity index (χ1v) is 9.11. The van der Waals surface area contributed by atoms with Crippen LogP contribution in [0.25, 0.3) is 0 Å². The fourth-order valence-electron chi connectivity index (χ4n) is 1.42. The summed E-state index contributed by atoms with van der Waals surface area (Å²) in [6, 6.07) is 0. The molecule has 0 unspecified atom stereocenters. The zero-order valence-corrected chi connectivity index (χ0v) is 12.4. The Balaban J connectivity index is 2.14. The van der Waals surface area contributed by atoms with Crippen molar-refractivity contribution in [3.8, 4) is 0 Å². The summed E-state index contributed by atoms with van der Waals surface area (Å²) in [6.45, 7) is 16.0. The lowest BCUT2D eigenvalue weighted by atomic mass is 10.2. The van der Waals surface area contributed by atoms with Crippen LogP contribution in [0.4, 0.5) is 0 Å². The SMILES string of the molecule is C=C[C@H]1O[C@H]1CCCO[Si](C)(C)C(C)(C)C. The van der Waals surface area contributed by atoms with E-state index in [0.29, 0.717) is 17.2 Å². The van der Waals surface area contributed by atoms with Crippen molar-refractivity contribution >= 4 is 8.32 Å². The molecule has 0 N–H and O–H groups in total. The van der Waals surface area contributed by atoms with Gasteiger partial charge < -0.3 is 9.16 Å². The van der Waals surface area contributed by atoms with E-state index in [1.165, 1.54) is 0 Å². The first-order valence-electron chi connectivity index (χ1n) is 6.20. The predicted octanol–water partition coefficient (Wildman–Crippen LogP) is 3.74. The van der Waals surface area contributed by atoms with E-state index in [0.717, 1.165) is 19.4 Å². The molecule has 0 spiro atoms. The van der Waals surface area contributed by atoms with E-state index >= 15 is 0 Å². The lowest BCUT2D eigenvalue weighted by Gasteiger charge is -2.36. The molecule has 16 heavy (non-hydrogen) atoms. The maximum absolute atomic E-state index is 6.10. The highest BCUT2D eigenvalue weighted by molar-refractivity contribution is 6.74. The van der Waals surface area contributed by atoms with Gasteiger partial charge in [0.25, 0.3) is 0 Å². The van der Waals surface area contributed by atoms with Gasteiger partial charge in [-0.1, -0.05) is 26.8 Å². The van der Waals surface area contributed by atoms with E-state index in [1.54, 1.807) is 0 Å². The summed E-state index contributed by atoms with van der Waals surface area (Å²) in [5, 5.41) is 0.312. The molecule has 1 rings (SSSR count). The van der Waals surface area contributed by atoms with Gasteiger partial charge in [-0.2, -0.15) is 0 Å². The molecule has 0 saturated carbocycles. The van der Waals surface area contributed by atoms with Crippen LogP contribution in [0.5, 0.6) is 0 Å². The average Bonchev–Trinajstić information content (AvgIpc) is 2.89. The smallest absolute Gasteiger partial charge is 0.191 e. The molecule has 2 atom stereocenters. The Morgan fingerprint density at radius 3 is 2.44 bits per heavy atom. The molecule has 0 aliphatic carbocycles. The molecule has 1 aliphatic heterocycles. The minimum atomic E-state index is -1.54. The first kappa shape index (κ1) is 13.9. The van der Waals surface area contributed by atoms with Gasteiger partial charge in [0, 0.05) is 6.61 Å². The Morgan fingerprint density at radius 2 is 2.00 bits per heavy atom. The monoisotopic (exact) mass is 242 g/mol. The van der Waals surface area contributed by atoms with Gasteiger partial charge in [-0.15, -0.1) is 6.58 Å². The van der Waals surface area contributed by atoms with Crippen molar-refractivity contribution in [2.45, 2.75) is 64.0 Å². The zero-order chi connectivity index (χ0) is 12.4. The molecule has 94 valence electrons. The number of hydrogen-bond donors (Lipinski definition) is 0. The molecule has 1 saturated heterocycles. The third-order valence-corrected chi connectivity index (χ3v) is 8.29. The van der Waals surface area contributed by atoms with Crippen molar-refractivity contribution in [3.63, 3.8) is 0 Å². The molecular formula is C13H26O2Si. The van der Waals surface area contributed by atoms with Crippen LogP contribution in [0.15, 0.2) is 12.7 Å². The molecule has 1 fully saturated rings. The van der Waals surface area contributed by atoms with Gasteiger partial charge >= 0.3 is 0 Å². The van der Waals surface area contributed by atoms with Gasteiger partial charge in [0.15, 0.2) is 8.32 Å². The highest BCUT2D eigenvalue weighted by Crippen LogP contribution is 2.36. The van der Waals surface area contributed by atoms with Crippen LogP contribution in [0, 0.1) is 0 Å². The lowest BCUT2D eigenvalue weighted by molar-refractivity contribution is 0.269. The molecule has 0 radical (unpaired) electrons. The second-order valence-electron chi connectivity index (χ2n) is 6.13. The summed E-state index contributed by atoms with van der Waals surface area (Å²) in [4.78, 5) is 0. The van der Waals surface area contributed by atoms with Crippen molar-refractivity contribution in [3.05, 3.63) is 12.7 Å². The molecule has 2 nitrogen and oxygen atoms in total. The molecule has 0 aromatic rings. The molecule has 0 bridgehead atoms. The maximum Gasteiger partial charge on any atom is 0.191 e. The van der Waals surface area contributed by atoms with Crippen LogP contribution in [0.2, 0.25) is 18.1 Å². The number of ether oxygens (including phenoxy) is 1. The van der Waals surface area contributed by atoms with Crippen LogP contribution in [0.3, 0.4) is 0 Å². The van der Waals surface area contributed by atoms with Crippen molar-refractivity contribution in [1.82, 2.24) is 0 Å². The van der Waals surface area contributed by atoms with Crippen molar-refractivity contribution in [1.29, 1.82) is 0 Å². The van der Waals surface area contributed by atoms with Crippen molar-refractivity contribution < 1.29 is 9.16 Å². The van der Waals surface area contributed by atoms with Crippen LogP contribution < -0.4 is 0 Å². The van der Waals surface area contributed by atoms with Gasteiger partial charge in [-0.25, -0.2) is 0 Å². The van der Waals surface area contributed by atoms with E-state index in [2.05, 4.69) is 40.4 Å². The second kappa shape index (κ2) is 5.03. The summed E-state index contributed by atoms with van der Waals surface area (Å²) in [7, 11) is -1.54.